The van der Waals surface area contributed by atoms with Crippen LogP contribution in [-0.4, -0.2) is 14.9 Å². The van der Waals surface area contributed by atoms with Gasteiger partial charge in [0, 0.05) is 18.3 Å². The monoisotopic (exact) mass is 270 g/mol. The molecule has 1 aliphatic carbocycles. The topological polar surface area (TPSA) is 38.0 Å². The van der Waals surface area contributed by atoms with E-state index in [-0.39, 0.29) is 0 Å². The van der Waals surface area contributed by atoms with E-state index in [1.165, 1.54) is 24.8 Å². The van der Waals surface area contributed by atoms with Gasteiger partial charge in [0.1, 0.15) is 6.10 Å². The molecule has 0 bridgehead atoms. The van der Waals surface area contributed by atoms with Crippen LogP contribution in [-0.2, 0) is 7.05 Å². The van der Waals surface area contributed by atoms with Crippen molar-refractivity contribution in [2.75, 3.05) is 0 Å². The molecule has 0 aliphatic heterocycles. The number of nitrogens with zero attached hydrogens (tertiary/aromatic N) is 2. The van der Waals surface area contributed by atoms with Crippen LogP contribution in [0.25, 0.3) is 0 Å². The van der Waals surface area contributed by atoms with E-state index in [0.29, 0.717) is 5.92 Å². The summed E-state index contributed by atoms with van der Waals surface area (Å²) in [5.41, 5.74) is 5.28. The van der Waals surface area contributed by atoms with Gasteiger partial charge in [-0.25, -0.2) is 0 Å². The van der Waals surface area contributed by atoms with Gasteiger partial charge < -0.3 is 5.11 Å². The lowest BCUT2D eigenvalue weighted by molar-refractivity contribution is 0.215. The van der Waals surface area contributed by atoms with Crippen LogP contribution in [0.5, 0.6) is 0 Å². The summed E-state index contributed by atoms with van der Waals surface area (Å²) in [4.78, 5) is 0. The molecule has 1 aromatic carbocycles. The van der Waals surface area contributed by atoms with Gasteiger partial charge in [-0.2, -0.15) is 5.10 Å². The molecule has 1 N–H and O–H groups in total. The van der Waals surface area contributed by atoms with Crippen LogP contribution < -0.4 is 0 Å². The van der Waals surface area contributed by atoms with Crippen LogP contribution in [0.3, 0.4) is 0 Å². The van der Waals surface area contributed by atoms with E-state index in [2.05, 4.69) is 23.3 Å². The Hall–Kier alpha value is -1.61. The molecule has 20 heavy (non-hydrogen) atoms. The van der Waals surface area contributed by atoms with Gasteiger partial charge in [-0.05, 0) is 43.7 Å². The molecule has 0 saturated heterocycles. The zero-order valence-electron chi connectivity index (χ0n) is 12.4. The van der Waals surface area contributed by atoms with E-state index in [4.69, 9.17) is 0 Å². The van der Waals surface area contributed by atoms with Crippen molar-refractivity contribution in [1.29, 1.82) is 0 Å². The molecule has 0 radical (unpaired) electrons. The van der Waals surface area contributed by atoms with Gasteiger partial charge >= 0.3 is 0 Å². The highest BCUT2D eigenvalue weighted by Crippen LogP contribution is 2.41. The lowest BCUT2D eigenvalue weighted by atomic mass is 9.77. The molecular weight excluding hydrogens is 248 g/mol. The molecule has 0 spiro atoms. The average Bonchev–Trinajstić information content (AvgIpc) is 2.61. The van der Waals surface area contributed by atoms with Gasteiger partial charge in [-0.3, -0.25) is 4.68 Å². The highest BCUT2D eigenvalue weighted by atomic mass is 16.3. The van der Waals surface area contributed by atoms with Crippen LogP contribution in [0, 0.1) is 13.8 Å². The molecule has 1 unspecified atom stereocenters. The Balaban J connectivity index is 2.04. The van der Waals surface area contributed by atoms with Crippen molar-refractivity contribution in [2.24, 2.45) is 7.05 Å². The number of aliphatic hydroxyl groups excluding tert-OH is 1. The first-order chi connectivity index (χ1) is 9.59. The maximum Gasteiger partial charge on any atom is 0.108 e. The minimum absolute atomic E-state index is 0.569. The van der Waals surface area contributed by atoms with Crippen LogP contribution in [0.4, 0.5) is 0 Å². The summed E-state index contributed by atoms with van der Waals surface area (Å²) >= 11 is 0. The number of aromatic nitrogens is 2. The minimum Gasteiger partial charge on any atom is -0.384 e. The standard InChI is InChI=1S/C17H22N2O/c1-11-16(12(2)19(3)18-11)17(20)15-10-5-4-9-14(15)13-7-6-8-13/h4-5,9-10,13,17,20H,6-8H2,1-3H3. The van der Waals surface area contributed by atoms with Gasteiger partial charge in [0.25, 0.3) is 0 Å². The van der Waals surface area contributed by atoms with Crippen molar-refractivity contribution in [3.63, 3.8) is 0 Å². The molecule has 1 heterocycles. The quantitative estimate of drug-likeness (QED) is 0.928. The van der Waals surface area contributed by atoms with E-state index < -0.39 is 6.10 Å². The second kappa shape index (κ2) is 5.06. The Bertz CT molecular complexity index is 626. The predicted octanol–water partition coefficient (Wildman–Crippen LogP) is 3.39. The number of aryl methyl sites for hydroxylation is 2. The van der Waals surface area contributed by atoms with E-state index in [1.807, 2.05) is 31.6 Å². The summed E-state index contributed by atoms with van der Waals surface area (Å²) < 4.78 is 1.85. The Morgan fingerprint density at radius 2 is 1.95 bits per heavy atom. The number of benzene rings is 1. The summed E-state index contributed by atoms with van der Waals surface area (Å²) in [5.74, 6) is 0.623. The molecule has 1 aliphatic rings. The third-order valence-corrected chi connectivity index (χ3v) is 4.67. The van der Waals surface area contributed by atoms with Crippen LogP contribution in [0.1, 0.15) is 59.4 Å². The fourth-order valence-electron chi connectivity index (χ4n) is 3.19. The Labute approximate surface area is 120 Å². The van der Waals surface area contributed by atoms with Gasteiger partial charge in [0.15, 0.2) is 0 Å². The third-order valence-electron chi connectivity index (χ3n) is 4.67. The number of hydrogen-bond acceptors (Lipinski definition) is 2. The number of hydrogen-bond donors (Lipinski definition) is 1. The lowest BCUT2D eigenvalue weighted by Crippen LogP contribution is -2.14. The van der Waals surface area contributed by atoms with Crippen LogP contribution in [0.15, 0.2) is 24.3 Å². The summed E-state index contributed by atoms with van der Waals surface area (Å²) in [6.07, 6.45) is 3.23. The largest absolute Gasteiger partial charge is 0.384 e. The highest BCUT2D eigenvalue weighted by molar-refractivity contribution is 5.41. The van der Waals surface area contributed by atoms with Crippen molar-refractivity contribution in [3.8, 4) is 0 Å². The fraction of sp³-hybridized carbons (Fsp3) is 0.471. The number of rotatable bonds is 3. The number of aliphatic hydroxyl groups is 1. The van der Waals surface area contributed by atoms with Gasteiger partial charge in [-0.15, -0.1) is 0 Å². The summed E-state index contributed by atoms with van der Waals surface area (Å²) in [6.45, 7) is 3.99. The van der Waals surface area contributed by atoms with E-state index in [0.717, 1.165) is 22.5 Å². The Morgan fingerprint density at radius 1 is 1.25 bits per heavy atom. The normalized spacial score (nSPS) is 17.0. The average molecular weight is 270 g/mol. The fourth-order valence-corrected chi connectivity index (χ4v) is 3.19. The first-order valence-electron chi connectivity index (χ1n) is 7.36. The van der Waals surface area contributed by atoms with Crippen molar-refractivity contribution < 1.29 is 5.11 Å². The van der Waals surface area contributed by atoms with Crippen molar-refractivity contribution in [2.45, 2.75) is 45.1 Å². The van der Waals surface area contributed by atoms with Crippen LogP contribution in [0.2, 0.25) is 0 Å². The second-order valence-corrected chi connectivity index (χ2v) is 5.87. The zero-order chi connectivity index (χ0) is 14.3. The maximum absolute atomic E-state index is 10.9. The van der Waals surface area contributed by atoms with E-state index >= 15 is 0 Å². The van der Waals surface area contributed by atoms with Crippen molar-refractivity contribution >= 4 is 0 Å². The van der Waals surface area contributed by atoms with Gasteiger partial charge in [0.2, 0.25) is 0 Å². The molecule has 1 aromatic heterocycles. The predicted molar refractivity (Wildman–Crippen MR) is 79.8 cm³/mol. The molecule has 0 amide bonds. The van der Waals surface area contributed by atoms with Crippen molar-refractivity contribution in [3.05, 3.63) is 52.3 Å². The van der Waals surface area contributed by atoms with Gasteiger partial charge in [0.05, 0.1) is 5.69 Å². The van der Waals surface area contributed by atoms with E-state index in [1.54, 1.807) is 0 Å². The summed E-state index contributed by atoms with van der Waals surface area (Å²) in [6, 6.07) is 8.32. The van der Waals surface area contributed by atoms with Gasteiger partial charge in [-0.1, -0.05) is 30.7 Å². The first-order valence-corrected chi connectivity index (χ1v) is 7.36. The summed E-state index contributed by atoms with van der Waals surface area (Å²) in [5, 5.41) is 15.3. The highest BCUT2D eigenvalue weighted by Gasteiger charge is 2.27. The molecule has 3 heteroatoms. The molecule has 106 valence electrons. The van der Waals surface area contributed by atoms with Crippen LogP contribution >= 0.6 is 0 Å². The molecule has 1 atom stereocenters. The molecule has 3 rings (SSSR count). The zero-order valence-corrected chi connectivity index (χ0v) is 12.4. The maximum atomic E-state index is 10.9. The lowest BCUT2D eigenvalue weighted by Gasteiger charge is -2.29. The molecule has 1 fully saturated rings. The molecule has 2 aromatic rings. The first kappa shape index (κ1) is 13.4. The van der Waals surface area contributed by atoms with E-state index in [9.17, 15) is 5.11 Å². The Kier molecular flexibility index (Phi) is 3.38. The second-order valence-electron chi connectivity index (χ2n) is 5.87. The SMILES string of the molecule is Cc1nn(C)c(C)c1C(O)c1ccccc1C1CCC1. The third kappa shape index (κ3) is 2.06. The molecule has 1 saturated carbocycles. The van der Waals surface area contributed by atoms with Crippen molar-refractivity contribution in [1.82, 2.24) is 9.78 Å². The smallest absolute Gasteiger partial charge is 0.108 e. The minimum atomic E-state index is -0.569. The molecular formula is C17H22N2O. The molecule has 3 nitrogen and oxygen atoms in total. The summed E-state index contributed by atoms with van der Waals surface area (Å²) in [7, 11) is 1.93. The Morgan fingerprint density at radius 3 is 2.50 bits per heavy atom.